The van der Waals surface area contributed by atoms with Gasteiger partial charge in [0.2, 0.25) is 0 Å². The summed E-state index contributed by atoms with van der Waals surface area (Å²) in [6.07, 6.45) is 4.22. The lowest BCUT2D eigenvalue weighted by Crippen LogP contribution is -2.18. The molecule has 1 rings (SSSR count). The monoisotopic (exact) mass is 271 g/mol. The molecular weight excluding hydrogens is 246 g/mol. The molecule has 0 amide bonds. The summed E-state index contributed by atoms with van der Waals surface area (Å²) in [7, 11) is 0. The summed E-state index contributed by atoms with van der Waals surface area (Å²) in [4.78, 5) is 0. The van der Waals surface area contributed by atoms with Crippen molar-refractivity contribution in [1.29, 1.82) is 0 Å². The van der Waals surface area contributed by atoms with Crippen LogP contribution in [0.1, 0.15) is 44.7 Å². The number of halogens is 1. The fraction of sp³-hybridized carbons (Fsp3) is 0.600. The molecule has 1 unspecified atom stereocenters. The van der Waals surface area contributed by atoms with Gasteiger partial charge in [0.05, 0.1) is 6.61 Å². The van der Waals surface area contributed by atoms with Crippen LogP contribution in [0, 0.1) is 0 Å². The van der Waals surface area contributed by atoms with E-state index in [0.29, 0.717) is 0 Å². The van der Waals surface area contributed by atoms with Gasteiger partial charge in [-0.2, -0.15) is 0 Å². The van der Waals surface area contributed by atoms with Gasteiger partial charge in [0.1, 0.15) is 5.75 Å². The minimum Gasteiger partial charge on any atom is -0.493 e. The molecule has 0 spiro atoms. The van der Waals surface area contributed by atoms with E-state index in [9.17, 15) is 0 Å². The molecule has 2 N–H and O–H groups in total. The van der Waals surface area contributed by atoms with E-state index in [1.165, 1.54) is 17.5 Å². The summed E-state index contributed by atoms with van der Waals surface area (Å²) in [6, 6.07) is 6.69. The van der Waals surface area contributed by atoms with Gasteiger partial charge < -0.3 is 10.5 Å². The van der Waals surface area contributed by atoms with Crippen LogP contribution in [0.2, 0.25) is 0 Å². The largest absolute Gasteiger partial charge is 0.493 e. The Morgan fingerprint density at radius 1 is 1.22 bits per heavy atom. The molecule has 0 fully saturated rings. The van der Waals surface area contributed by atoms with Crippen molar-refractivity contribution in [2.45, 2.75) is 52.5 Å². The second kappa shape index (κ2) is 9.23. The molecule has 0 heterocycles. The van der Waals surface area contributed by atoms with E-state index in [0.717, 1.165) is 31.6 Å². The average Bonchev–Trinajstić information content (AvgIpc) is 2.28. The molecule has 2 nitrogen and oxygen atoms in total. The summed E-state index contributed by atoms with van der Waals surface area (Å²) in [6.45, 7) is 7.14. The molecule has 0 aromatic heterocycles. The molecule has 0 bridgehead atoms. The summed E-state index contributed by atoms with van der Waals surface area (Å²) < 4.78 is 5.76. The summed E-state index contributed by atoms with van der Waals surface area (Å²) in [5, 5.41) is 0. The third-order valence-electron chi connectivity index (χ3n) is 2.67. The van der Waals surface area contributed by atoms with Crippen LogP contribution in [0.15, 0.2) is 18.2 Å². The fourth-order valence-corrected chi connectivity index (χ4v) is 1.94. The molecule has 104 valence electrons. The third-order valence-corrected chi connectivity index (χ3v) is 2.67. The van der Waals surface area contributed by atoms with Gasteiger partial charge in [0.15, 0.2) is 0 Å². The lowest BCUT2D eigenvalue weighted by molar-refractivity contribution is 0.313. The number of nitrogens with two attached hydrogens (primary N) is 1. The molecule has 1 atom stereocenters. The van der Waals surface area contributed by atoms with Crippen molar-refractivity contribution in [3.8, 4) is 5.75 Å². The third kappa shape index (κ3) is 5.74. The molecule has 3 heteroatoms. The first-order chi connectivity index (χ1) is 8.17. The van der Waals surface area contributed by atoms with Crippen LogP contribution in [0.25, 0.3) is 0 Å². The highest BCUT2D eigenvalue weighted by Gasteiger charge is 2.07. The van der Waals surface area contributed by atoms with Crippen molar-refractivity contribution >= 4 is 12.4 Å². The summed E-state index contributed by atoms with van der Waals surface area (Å²) in [5.74, 6) is 1.00. The molecular formula is C15H26ClNO. The average molecular weight is 272 g/mol. The second-order valence-corrected chi connectivity index (χ2v) is 4.72. The minimum absolute atomic E-state index is 0. The highest BCUT2D eigenvalue weighted by molar-refractivity contribution is 5.85. The topological polar surface area (TPSA) is 35.2 Å². The zero-order valence-corrected chi connectivity index (χ0v) is 12.6. The Hall–Kier alpha value is -0.730. The Morgan fingerprint density at radius 2 is 1.94 bits per heavy atom. The number of ether oxygens (including phenoxy) is 1. The Kier molecular flexibility index (Phi) is 8.86. The number of rotatable bonds is 7. The maximum absolute atomic E-state index is 5.89. The van der Waals surface area contributed by atoms with Gasteiger partial charge in [-0.15, -0.1) is 12.4 Å². The lowest BCUT2D eigenvalue weighted by atomic mass is 10.0. The van der Waals surface area contributed by atoms with Gasteiger partial charge in [0.25, 0.3) is 0 Å². The van der Waals surface area contributed by atoms with Gasteiger partial charge in [-0.25, -0.2) is 0 Å². The predicted octanol–water partition coefficient (Wildman–Crippen LogP) is 3.74. The van der Waals surface area contributed by atoms with Crippen LogP contribution in [-0.4, -0.2) is 12.6 Å². The zero-order valence-electron chi connectivity index (χ0n) is 11.7. The van der Waals surface area contributed by atoms with E-state index >= 15 is 0 Å². The smallest absolute Gasteiger partial charge is 0.122 e. The maximum atomic E-state index is 5.89. The van der Waals surface area contributed by atoms with Gasteiger partial charge in [-0.3, -0.25) is 0 Å². The van der Waals surface area contributed by atoms with Crippen LogP contribution in [0.4, 0.5) is 0 Å². The van der Waals surface area contributed by atoms with E-state index in [-0.39, 0.29) is 18.4 Å². The number of benzene rings is 1. The molecule has 1 aromatic carbocycles. The van der Waals surface area contributed by atoms with E-state index in [4.69, 9.17) is 10.5 Å². The molecule has 18 heavy (non-hydrogen) atoms. The van der Waals surface area contributed by atoms with Crippen molar-refractivity contribution in [3.63, 3.8) is 0 Å². The van der Waals surface area contributed by atoms with E-state index in [1.807, 2.05) is 6.92 Å². The fourth-order valence-electron chi connectivity index (χ4n) is 1.94. The molecule has 0 radical (unpaired) electrons. The zero-order chi connectivity index (χ0) is 12.7. The SMILES string of the molecule is CCCOc1ccc(CCC)cc1CC(C)N.Cl. The molecule has 0 aliphatic rings. The number of hydrogen-bond acceptors (Lipinski definition) is 2. The number of aryl methyl sites for hydroxylation is 1. The van der Waals surface area contributed by atoms with Crippen LogP contribution in [0.3, 0.4) is 0 Å². The highest BCUT2D eigenvalue weighted by atomic mass is 35.5. The van der Waals surface area contributed by atoms with Gasteiger partial charge >= 0.3 is 0 Å². The van der Waals surface area contributed by atoms with Crippen molar-refractivity contribution in [2.75, 3.05) is 6.61 Å². The van der Waals surface area contributed by atoms with Crippen molar-refractivity contribution in [3.05, 3.63) is 29.3 Å². The van der Waals surface area contributed by atoms with Gasteiger partial charge in [-0.1, -0.05) is 32.4 Å². The second-order valence-electron chi connectivity index (χ2n) is 4.72. The van der Waals surface area contributed by atoms with Gasteiger partial charge in [0, 0.05) is 6.04 Å². The van der Waals surface area contributed by atoms with E-state index in [1.54, 1.807) is 0 Å². The molecule has 1 aromatic rings. The quantitative estimate of drug-likeness (QED) is 0.820. The Bertz CT molecular complexity index is 339. The highest BCUT2D eigenvalue weighted by Crippen LogP contribution is 2.22. The first kappa shape index (κ1) is 17.3. The Morgan fingerprint density at radius 3 is 2.50 bits per heavy atom. The van der Waals surface area contributed by atoms with E-state index in [2.05, 4.69) is 32.0 Å². The summed E-state index contributed by atoms with van der Waals surface area (Å²) in [5.41, 5.74) is 8.52. The van der Waals surface area contributed by atoms with Crippen LogP contribution in [0.5, 0.6) is 5.75 Å². The van der Waals surface area contributed by atoms with Crippen LogP contribution in [-0.2, 0) is 12.8 Å². The van der Waals surface area contributed by atoms with Crippen molar-refractivity contribution < 1.29 is 4.74 Å². The first-order valence-corrected chi connectivity index (χ1v) is 6.67. The molecule has 0 aliphatic heterocycles. The van der Waals surface area contributed by atoms with Crippen molar-refractivity contribution in [1.82, 2.24) is 0 Å². The molecule has 0 aliphatic carbocycles. The van der Waals surface area contributed by atoms with E-state index < -0.39 is 0 Å². The Balaban J connectivity index is 0.00000289. The van der Waals surface area contributed by atoms with Gasteiger partial charge in [-0.05, 0) is 43.4 Å². The predicted molar refractivity (Wildman–Crippen MR) is 80.8 cm³/mol. The van der Waals surface area contributed by atoms with Crippen molar-refractivity contribution in [2.24, 2.45) is 5.73 Å². The molecule has 0 saturated carbocycles. The maximum Gasteiger partial charge on any atom is 0.122 e. The first-order valence-electron chi connectivity index (χ1n) is 6.67. The normalized spacial score (nSPS) is 11.8. The lowest BCUT2D eigenvalue weighted by Gasteiger charge is -2.14. The number of hydrogen-bond donors (Lipinski definition) is 1. The molecule has 0 saturated heterocycles. The van der Waals surface area contributed by atoms with Crippen LogP contribution < -0.4 is 10.5 Å². The minimum atomic E-state index is 0. The van der Waals surface area contributed by atoms with Crippen LogP contribution >= 0.6 is 12.4 Å². The Labute approximate surface area is 117 Å². The summed E-state index contributed by atoms with van der Waals surface area (Å²) >= 11 is 0. The standard InChI is InChI=1S/C15H25NO.ClH/c1-4-6-13-7-8-15(17-9-5-2)14(11-13)10-12(3)16;/h7-8,11-12H,4-6,9-10,16H2,1-3H3;1H.